The summed E-state index contributed by atoms with van der Waals surface area (Å²) in [6.45, 7) is 4.16. The van der Waals surface area contributed by atoms with E-state index in [1.807, 2.05) is 24.3 Å². The summed E-state index contributed by atoms with van der Waals surface area (Å²) in [5.41, 5.74) is 1.92. The lowest BCUT2D eigenvalue weighted by atomic mass is 9.98. The molecule has 120 valence electrons. The van der Waals surface area contributed by atoms with Crippen LogP contribution in [0.1, 0.15) is 54.9 Å². The summed E-state index contributed by atoms with van der Waals surface area (Å²) in [5, 5.41) is 8.85. The van der Waals surface area contributed by atoms with Crippen LogP contribution in [0.3, 0.4) is 0 Å². The molecule has 1 aromatic carbocycles. The standard InChI is InChI=1S/C18H25NO3/c1-2-3-4-5-6-17(20)15-9-7-14(8-10-15)11-19-12-16(13-19)18(21)22/h7-10,16H,2-6,11-13H2,1H3,(H,21,22). The van der Waals surface area contributed by atoms with Gasteiger partial charge >= 0.3 is 5.97 Å². The van der Waals surface area contributed by atoms with E-state index in [-0.39, 0.29) is 11.7 Å². The minimum atomic E-state index is -0.708. The summed E-state index contributed by atoms with van der Waals surface area (Å²) in [7, 11) is 0. The number of ketones is 1. The molecule has 1 fully saturated rings. The second-order valence-corrected chi connectivity index (χ2v) is 6.16. The van der Waals surface area contributed by atoms with Crippen LogP contribution in [0.5, 0.6) is 0 Å². The SMILES string of the molecule is CCCCCCC(=O)c1ccc(CN2CC(C(=O)O)C2)cc1. The Morgan fingerprint density at radius 3 is 2.41 bits per heavy atom. The Bertz CT molecular complexity index is 504. The number of unbranched alkanes of at least 4 members (excludes halogenated alkanes) is 3. The molecule has 1 saturated heterocycles. The number of likely N-dealkylation sites (tertiary alicyclic amines) is 1. The molecule has 0 spiro atoms. The van der Waals surface area contributed by atoms with Crippen LogP contribution in [0.15, 0.2) is 24.3 Å². The van der Waals surface area contributed by atoms with Gasteiger partial charge in [0.1, 0.15) is 0 Å². The highest BCUT2D eigenvalue weighted by atomic mass is 16.4. The predicted molar refractivity (Wildman–Crippen MR) is 85.9 cm³/mol. The van der Waals surface area contributed by atoms with Gasteiger partial charge in [0, 0.05) is 31.6 Å². The molecule has 2 rings (SSSR count). The fourth-order valence-electron chi connectivity index (χ4n) is 2.77. The fraction of sp³-hybridized carbons (Fsp3) is 0.556. The van der Waals surface area contributed by atoms with Crippen molar-refractivity contribution in [2.24, 2.45) is 5.92 Å². The highest BCUT2D eigenvalue weighted by molar-refractivity contribution is 5.96. The first-order valence-electron chi connectivity index (χ1n) is 8.17. The summed E-state index contributed by atoms with van der Waals surface area (Å²) >= 11 is 0. The lowest BCUT2D eigenvalue weighted by Crippen LogP contribution is -2.49. The van der Waals surface area contributed by atoms with E-state index in [0.717, 1.165) is 30.5 Å². The summed E-state index contributed by atoms with van der Waals surface area (Å²) in [4.78, 5) is 24.9. The first-order valence-corrected chi connectivity index (χ1v) is 8.17. The number of hydrogen-bond acceptors (Lipinski definition) is 3. The number of carboxylic acids is 1. The number of carbonyl (C=O) groups excluding carboxylic acids is 1. The van der Waals surface area contributed by atoms with Crippen LogP contribution >= 0.6 is 0 Å². The van der Waals surface area contributed by atoms with Gasteiger partial charge in [-0.3, -0.25) is 14.5 Å². The Morgan fingerprint density at radius 1 is 1.14 bits per heavy atom. The predicted octanol–water partition coefficient (Wildman–Crippen LogP) is 3.36. The summed E-state index contributed by atoms with van der Waals surface area (Å²) in [5.74, 6) is -0.707. The van der Waals surface area contributed by atoms with Gasteiger partial charge < -0.3 is 5.11 Å². The van der Waals surface area contributed by atoms with Gasteiger partial charge in [0.05, 0.1) is 5.92 Å². The number of carboxylic acid groups (broad SMARTS) is 1. The zero-order chi connectivity index (χ0) is 15.9. The van der Waals surface area contributed by atoms with E-state index in [1.165, 1.54) is 12.8 Å². The second-order valence-electron chi connectivity index (χ2n) is 6.16. The second kappa shape index (κ2) is 8.08. The van der Waals surface area contributed by atoms with E-state index in [0.29, 0.717) is 19.5 Å². The number of hydrogen-bond donors (Lipinski definition) is 1. The Labute approximate surface area is 132 Å². The Hall–Kier alpha value is -1.68. The molecule has 1 aliphatic rings. The maximum Gasteiger partial charge on any atom is 0.309 e. The van der Waals surface area contributed by atoms with E-state index < -0.39 is 5.97 Å². The van der Waals surface area contributed by atoms with Gasteiger partial charge in [-0.1, -0.05) is 50.5 Å². The average Bonchev–Trinajstić information content (AvgIpc) is 2.47. The van der Waals surface area contributed by atoms with E-state index in [2.05, 4.69) is 11.8 Å². The molecule has 1 aliphatic heterocycles. The van der Waals surface area contributed by atoms with Crippen molar-refractivity contribution in [2.75, 3.05) is 13.1 Å². The maximum absolute atomic E-state index is 12.1. The van der Waals surface area contributed by atoms with Crippen molar-refractivity contribution in [3.05, 3.63) is 35.4 Å². The summed E-state index contributed by atoms with van der Waals surface area (Å²) < 4.78 is 0. The van der Waals surface area contributed by atoms with Crippen LogP contribution in [-0.4, -0.2) is 34.8 Å². The van der Waals surface area contributed by atoms with Crippen LogP contribution in [0.25, 0.3) is 0 Å². The minimum Gasteiger partial charge on any atom is -0.481 e. The first-order chi connectivity index (χ1) is 10.6. The summed E-state index contributed by atoms with van der Waals surface area (Å²) in [6.07, 6.45) is 5.10. The fourth-order valence-corrected chi connectivity index (χ4v) is 2.77. The molecule has 4 nitrogen and oxygen atoms in total. The lowest BCUT2D eigenvalue weighted by Gasteiger charge is -2.36. The van der Waals surface area contributed by atoms with Crippen LogP contribution in [0.4, 0.5) is 0 Å². The molecule has 0 saturated carbocycles. The van der Waals surface area contributed by atoms with Crippen LogP contribution in [0, 0.1) is 5.92 Å². The molecular weight excluding hydrogens is 278 g/mol. The maximum atomic E-state index is 12.1. The van der Waals surface area contributed by atoms with Crippen molar-refractivity contribution in [3.63, 3.8) is 0 Å². The quantitative estimate of drug-likeness (QED) is 0.561. The molecule has 22 heavy (non-hydrogen) atoms. The van der Waals surface area contributed by atoms with E-state index >= 15 is 0 Å². The minimum absolute atomic E-state index is 0.219. The third-order valence-corrected chi connectivity index (χ3v) is 4.25. The lowest BCUT2D eigenvalue weighted by molar-refractivity contribution is -0.147. The first kappa shape index (κ1) is 16.7. The van der Waals surface area contributed by atoms with Crippen molar-refractivity contribution in [2.45, 2.75) is 45.6 Å². The van der Waals surface area contributed by atoms with E-state index in [9.17, 15) is 9.59 Å². The molecule has 0 unspecified atom stereocenters. The zero-order valence-electron chi connectivity index (χ0n) is 13.3. The van der Waals surface area contributed by atoms with Crippen LogP contribution in [-0.2, 0) is 11.3 Å². The van der Waals surface area contributed by atoms with Gasteiger partial charge in [-0.05, 0) is 12.0 Å². The number of nitrogens with zero attached hydrogens (tertiary/aromatic N) is 1. The van der Waals surface area contributed by atoms with Gasteiger partial charge in [0.2, 0.25) is 0 Å². The van der Waals surface area contributed by atoms with Crippen molar-refractivity contribution in [1.29, 1.82) is 0 Å². The molecule has 1 aromatic rings. The van der Waals surface area contributed by atoms with Gasteiger partial charge in [0.25, 0.3) is 0 Å². The van der Waals surface area contributed by atoms with Crippen LogP contribution < -0.4 is 0 Å². The normalized spacial score (nSPS) is 15.5. The molecule has 1 heterocycles. The van der Waals surface area contributed by atoms with Gasteiger partial charge in [-0.15, -0.1) is 0 Å². The number of carbonyl (C=O) groups is 2. The van der Waals surface area contributed by atoms with Gasteiger partial charge in [-0.25, -0.2) is 0 Å². The Morgan fingerprint density at radius 2 is 1.82 bits per heavy atom. The molecule has 0 atom stereocenters. The third kappa shape index (κ3) is 4.67. The molecule has 0 amide bonds. The zero-order valence-corrected chi connectivity index (χ0v) is 13.3. The molecule has 1 N–H and O–H groups in total. The number of rotatable bonds is 9. The molecule has 0 radical (unpaired) electrons. The largest absolute Gasteiger partial charge is 0.481 e. The molecular formula is C18H25NO3. The highest BCUT2D eigenvalue weighted by Gasteiger charge is 2.32. The van der Waals surface area contributed by atoms with E-state index in [1.54, 1.807) is 0 Å². The topological polar surface area (TPSA) is 57.6 Å². The van der Waals surface area contributed by atoms with Crippen molar-refractivity contribution in [3.8, 4) is 0 Å². The van der Waals surface area contributed by atoms with E-state index in [4.69, 9.17) is 5.11 Å². The Kier molecular flexibility index (Phi) is 6.13. The summed E-state index contributed by atoms with van der Waals surface area (Å²) in [6, 6.07) is 7.75. The Balaban J connectivity index is 1.76. The van der Waals surface area contributed by atoms with Crippen molar-refractivity contribution < 1.29 is 14.7 Å². The molecule has 0 aliphatic carbocycles. The van der Waals surface area contributed by atoms with Crippen LogP contribution in [0.2, 0.25) is 0 Å². The number of Topliss-reactive ketones (excluding diaryl/α,β-unsaturated/α-hetero) is 1. The number of benzene rings is 1. The third-order valence-electron chi connectivity index (χ3n) is 4.25. The monoisotopic (exact) mass is 303 g/mol. The molecule has 4 heteroatoms. The smallest absolute Gasteiger partial charge is 0.309 e. The van der Waals surface area contributed by atoms with Crippen molar-refractivity contribution >= 4 is 11.8 Å². The molecule has 0 aromatic heterocycles. The average molecular weight is 303 g/mol. The number of aliphatic carboxylic acids is 1. The van der Waals surface area contributed by atoms with Crippen molar-refractivity contribution in [1.82, 2.24) is 4.90 Å². The van der Waals surface area contributed by atoms with Gasteiger partial charge in [0.15, 0.2) is 5.78 Å². The molecule has 0 bridgehead atoms. The highest BCUT2D eigenvalue weighted by Crippen LogP contribution is 2.19. The van der Waals surface area contributed by atoms with Gasteiger partial charge in [-0.2, -0.15) is 0 Å².